The minimum atomic E-state index is 0.783. The Labute approximate surface area is 87.3 Å². The first kappa shape index (κ1) is 11.3. The van der Waals surface area contributed by atoms with Crippen LogP contribution in [-0.2, 0) is 6.42 Å². The number of benzene rings is 1. The predicted octanol–water partition coefficient (Wildman–Crippen LogP) is 2.81. The Kier molecular flexibility index (Phi) is 3.70. The molecule has 2 N–H and O–H groups in total. The third kappa shape index (κ3) is 2.16. The Bertz CT molecular complexity index is 326. The zero-order valence-corrected chi connectivity index (χ0v) is 9.78. The molecule has 0 aliphatic carbocycles. The van der Waals surface area contributed by atoms with Crippen molar-refractivity contribution >= 4 is 0 Å². The van der Waals surface area contributed by atoms with E-state index in [4.69, 9.17) is 5.73 Å². The number of nitrogens with two attached hydrogens (primary N) is 1. The van der Waals surface area contributed by atoms with Gasteiger partial charge in [-0.2, -0.15) is 0 Å². The SMILES string of the molecule is Cc1cc(CCCN)c(C)c(C)c1C. The molecule has 14 heavy (non-hydrogen) atoms. The van der Waals surface area contributed by atoms with E-state index in [1.54, 1.807) is 0 Å². The van der Waals surface area contributed by atoms with Crippen LogP contribution in [0.25, 0.3) is 0 Å². The largest absolute Gasteiger partial charge is 0.330 e. The van der Waals surface area contributed by atoms with Gasteiger partial charge in [-0.05, 0) is 74.9 Å². The average Bonchev–Trinajstić information content (AvgIpc) is 2.18. The zero-order chi connectivity index (χ0) is 10.7. The Morgan fingerprint density at radius 3 is 2.21 bits per heavy atom. The van der Waals surface area contributed by atoms with Gasteiger partial charge in [-0.15, -0.1) is 0 Å². The summed E-state index contributed by atoms with van der Waals surface area (Å²) in [7, 11) is 0. The number of hydrogen-bond donors (Lipinski definition) is 1. The van der Waals surface area contributed by atoms with Gasteiger partial charge in [0.15, 0.2) is 0 Å². The maximum atomic E-state index is 5.53. The lowest BCUT2D eigenvalue weighted by Crippen LogP contribution is -2.03. The van der Waals surface area contributed by atoms with Gasteiger partial charge in [-0.1, -0.05) is 6.07 Å². The van der Waals surface area contributed by atoms with E-state index in [0.29, 0.717) is 0 Å². The van der Waals surface area contributed by atoms with Crippen molar-refractivity contribution in [1.29, 1.82) is 0 Å². The van der Waals surface area contributed by atoms with E-state index in [2.05, 4.69) is 33.8 Å². The van der Waals surface area contributed by atoms with Crippen molar-refractivity contribution in [1.82, 2.24) is 0 Å². The van der Waals surface area contributed by atoms with Crippen molar-refractivity contribution in [2.75, 3.05) is 6.54 Å². The fourth-order valence-corrected chi connectivity index (χ4v) is 1.85. The molecule has 0 aliphatic rings. The molecular weight excluding hydrogens is 170 g/mol. The molecule has 0 amide bonds. The van der Waals surface area contributed by atoms with Gasteiger partial charge in [-0.25, -0.2) is 0 Å². The van der Waals surface area contributed by atoms with Crippen LogP contribution in [0.3, 0.4) is 0 Å². The van der Waals surface area contributed by atoms with Gasteiger partial charge in [0.05, 0.1) is 0 Å². The van der Waals surface area contributed by atoms with E-state index in [-0.39, 0.29) is 0 Å². The number of hydrogen-bond acceptors (Lipinski definition) is 1. The zero-order valence-electron chi connectivity index (χ0n) is 9.78. The molecule has 0 spiro atoms. The summed E-state index contributed by atoms with van der Waals surface area (Å²) in [4.78, 5) is 0. The molecule has 78 valence electrons. The second-order valence-electron chi connectivity index (χ2n) is 4.12. The van der Waals surface area contributed by atoms with Crippen LogP contribution in [-0.4, -0.2) is 6.54 Å². The van der Waals surface area contributed by atoms with Gasteiger partial charge in [0.1, 0.15) is 0 Å². The molecule has 1 rings (SSSR count). The summed E-state index contributed by atoms with van der Waals surface area (Å²) in [5.41, 5.74) is 12.7. The fourth-order valence-electron chi connectivity index (χ4n) is 1.85. The highest BCUT2D eigenvalue weighted by Gasteiger charge is 2.06. The monoisotopic (exact) mass is 191 g/mol. The smallest absolute Gasteiger partial charge is 0.00741 e. The third-order valence-electron chi connectivity index (χ3n) is 3.24. The van der Waals surface area contributed by atoms with Gasteiger partial charge in [0, 0.05) is 0 Å². The normalized spacial score (nSPS) is 10.6. The molecule has 0 atom stereocenters. The molecule has 0 heterocycles. The van der Waals surface area contributed by atoms with Crippen molar-refractivity contribution in [2.45, 2.75) is 40.5 Å². The van der Waals surface area contributed by atoms with Crippen LogP contribution < -0.4 is 5.73 Å². The van der Waals surface area contributed by atoms with Crippen molar-refractivity contribution in [2.24, 2.45) is 5.73 Å². The van der Waals surface area contributed by atoms with Crippen LogP contribution in [0.5, 0.6) is 0 Å². The summed E-state index contributed by atoms with van der Waals surface area (Å²) < 4.78 is 0. The van der Waals surface area contributed by atoms with Crippen LogP contribution in [0.15, 0.2) is 6.07 Å². The lowest BCUT2D eigenvalue weighted by molar-refractivity contribution is 0.825. The molecule has 1 nitrogen and oxygen atoms in total. The summed E-state index contributed by atoms with van der Waals surface area (Å²) in [6.45, 7) is 9.60. The number of rotatable bonds is 3. The van der Waals surface area contributed by atoms with E-state index < -0.39 is 0 Å². The highest BCUT2D eigenvalue weighted by Crippen LogP contribution is 2.21. The maximum absolute atomic E-state index is 5.53. The molecule has 0 aromatic heterocycles. The summed E-state index contributed by atoms with van der Waals surface area (Å²) in [5, 5.41) is 0. The minimum absolute atomic E-state index is 0.783. The van der Waals surface area contributed by atoms with Gasteiger partial charge in [0.25, 0.3) is 0 Å². The Hall–Kier alpha value is -0.820. The molecule has 0 saturated heterocycles. The van der Waals surface area contributed by atoms with Crippen molar-refractivity contribution in [3.05, 3.63) is 33.9 Å². The average molecular weight is 191 g/mol. The lowest BCUT2D eigenvalue weighted by atomic mass is 9.92. The van der Waals surface area contributed by atoms with Gasteiger partial charge >= 0.3 is 0 Å². The highest BCUT2D eigenvalue weighted by atomic mass is 14.5. The molecule has 1 aromatic rings. The van der Waals surface area contributed by atoms with E-state index in [0.717, 1.165) is 19.4 Å². The molecular formula is C13H21N. The summed E-state index contributed by atoms with van der Waals surface area (Å²) in [6, 6.07) is 2.31. The standard InChI is InChI=1S/C13H21N/c1-9-8-13(6-5-7-14)12(4)11(3)10(9)2/h8H,5-7,14H2,1-4H3. The maximum Gasteiger partial charge on any atom is -0.00741 e. The minimum Gasteiger partial charge on any atom is -0.330 e. The van der Waals surface area contributed by atoms with Crippen LogP contribution >= 0.6 is 0 Å². The van der Waals surface area contributed by atoms with Gasteiger partial charge < -0.3 is 5.73 Å². The molecule has 0 radical (unpaired) electrons. The summed E-state index contributed by atoms with van der Waals surface area (Å²) >= 11 is 0. The summed E-state index contributed by atoms with van der Waals surface area (Å²) in [5.74, 6) is 0. The van der Waals surface area contributed by atoms with Crippen LogP contribution in [0.1, 0.15) is 34.2 Å². The first-order valence-electron chi connectivity index (χ1n) is 5.34. The van der Waals surface area contributed by atoms with E-state index in [9.17, 15) is 0 Å². The molecule has 0 saturated carbocycles. The molecule has 1 heteroatoms. The third-order valence-corrected chi connectivity index (χ3v) is 3.24. The number of aryl methyl sites for hydroxylation is 2. The van der Waals surface area contributed by atoms with Gasteiger partial charge in [-0.3, -0.25) is 0 Å². The van der Waals surface area contributed by atoms with Crippen LogP contribution in [0.2, 0.25) is 0 Å². The van der Waals surface area contributed by atoms with E-state index in [1.165, 1.54) is 27.8 Å². The second kappa shape index (κ2) is 4.61. The Morgan fingerprint density at radius 2 is 1.64 bits per heavy atom. The predicted molar refractivity (Wildman–Crippen MR) is 62.8 cm³/mol. The van der Waals surface area contributed by atoms with E-state index in [1.807, 2.05) is 0 Å². The Balaban J connectivity index is 3.06. The van der Waals surface area contributed by atoms with Gasteiger partial charge in [0.2, 0.25) is 0 Å². The summed E-state index contributed by atoms with van der Waals surface area (Å²) in [6.07, 6.45) is 2.20. The molecule has 1 aromatic carbocycles. The van der Waals surface area contributed by atoms with E-state index >= 15 is 0 Å². The topological polar surface area (TPSA) is 26.0 Å². The molecule has 0 bridgehead atoms. The first-order valence-corrected chi connectivity index (χ1v) is 5.34. The van der Waals surface area contributed by atoms with Crippen molar-refractivity contribution < 1.29 is 0 Å². The Morgan fingerprint density at radius 1 is 1.00 bits per heavy atom. The molecule has 0 aliphatic heterocycles. The molecule has 0 unspecified atom stereocenters. The lowest BCUT2D eigenvalue weighted by Gasteiger charge is -2.13. The molecule has 0 fully saturated rings. The first-order chi connectivity index (χ1) is 6.57. The van der Waals surface area contributed by atoms with Crippen LogP contribution in [0.4, 0.5) is 0 Å². The fraction of sp³-hybridized carbons (Fsp3) is 0.538. The highest BCUT2D eigenvalue weighted by molar-refractivity contribution is 5.43. The van der Waals surface area contributed by atoms with Crippen LogP contribution in [0, 0.1) is 27.7 Å². The quantitative estimate of drug-likeness (QED) is 0.781. The van der Waals surface area contributed by atoms with Crippen molar-refractivity contribution in [3.63, 3.8) is 0 Å². The second-order valence-corrected chi connectivity index (χ2v) is 4.12. The van der Waals surface area contributed by atoms with Crippen molar-refractivity contribution in [3.8, 4) is 0 Å².